The Hall–Kier alpha value is -0.780. The Labute approximate surface area is 88.5 Å². The van der Waals surface area contributed by atoms with Crippen molar-refractivity contribution in [2.75, 3.05) is 0 Å². The molecule has 0 nitrogen and oxygen atoms in total. The first kappa shape index (κ1) is 12.3. The molecule has 0 N–H and O–H groups in total. The second-order valence-electron chi connectivity index (χ2n) is 2.91. The number of rotatable bonds is 2. The fourth-order valence-electron chi connectivity index (χ4n) is 1.12. The van der Waals surface area contributed by atoms with Crippen LogP contribution in [0, 0.1) is 29.1 Å². The van der Waals surface area contributed by atoms with Gasteiger partial charge in [0.2, 0.25) is 5.82 Å². The lowest BCUT2D eigenvalue weighted by Gasteiger charge is -2.12. The highest BCUT2D eigenvalue weighted by Gasteiger charge is 2.28. The fraction of sp³-hybridized carbons (Fsp3) is 0.333. The lowest BCUT2D eigenvalue weighted by atomic mass is 10.1. The molecule has 0 aliphatic carbocycles. The van der Waals surface area contributed by atoms with Gasteiger partial charge in [-0.2, -0.15) is 12.6 Å². The molecular formula is C9H7F5S. The van der Waals surface area contributed by atoms with E-state index in [1.807, 2.05) is 0 Å². The van der Waals surface area contributed by atoms with Crippen LogP contribution in [0.5, 0.6) is 0 Å². The Morgan fingerprint density at radius 2 is 1.20 bits per heavy atom. The average molecular weight is 242 g/mol. The zero-order valence-corrected chi connectivity index (χ0v) is 8.52. The fourth-order valence-corrected chi connectivity index (χ4v) is 1.35. The van der Waals surface area contributed by atoms with Crippen molar-refractivity contribution in [2.24, 2.45) is 0 Å². The highest BCUT2D eigenvalue weighted by molar-refractivity contribution is 7.80. The van der Waals surface area contributed by atoms with E-state index >= 15 is 0 Å². The van der Waals surface area contributed by atoms with Crippen molar-refractivity contribution in [2.45, 2.75) is 18.6 Å². The molecule has 0 aliphatic heterocycles. The van der Waals surface area contributed by atoms with E-state index in [1.54, 1.807) is 0 Å². The topological polar surface area (TPSA) is 0 Å². The molecule has 0 aliphatic rings. The summed E-state index contributed by atoms with van der Waals surface area (Å²) in [6, 6.07) is 0. The minimum Gasteiger partial charge on any atom is -0.203 e. The second-order valence-corrected chi connectivity index (χ2v) is 3.53. The molecule has 0 saturated heterocycles. The summed E-state index contributed by atoms with van der Waals surface area (Å²) in [7, 11) is 0. The standard InChI is InChI=1S/C9H7F5S/c1-2-3(15)4-5(10)7(12)9(14)8(13)6(4)11/h3,15H,2H2,1H3. The number of hydrogen-bond acceptors (Lipinski definition) is 1. The van der Waals surface area contributed by atoms with Gasteiger partial charge in [-0.1, -0.05) is 6.92 Å². The van der Waals surface area contributed by atoms with Crippen molar-refractivity contribution in [1.82, 2.24) is 0 Å². The molecule has 15 heavy (non-hydrogen) atoms. The van der Waals surface area contributed by atoms with Gasteiger partial charge in [-0.15, -0.1) is 0 Å². The van der Waals surface area contributed by atoms with Crippen LogP contribution in [0.1, 0.15) is 24.2 Å². The average Bonchev–Trinajstić information content (AvgIpc) is 2.23. The smallest absolute Gasteiger partial charge is 0.200 e. The summed E-state index contributed by atoms with van der Waals surface area (Å²) < 4.78 is 64.2. The van der Waals surface area contributed by atoms with Crippen LogP contribution >= 0.6 is 12.6 Å². The van der Waals surface area contributed by atoms with Crippen molar-refractivity contribution in [3.05, 3.63) is 34.6 Å². The molecular weight excluding hydrogens is 235 g/mol. The molecule has 1 unspecified atom stereocenters. The predicted molar refractivity (Wildman–Crippen MR) is 48.3 cm³/mol. The van der Waals surface area contributed by atoms with Crippen molar-refractivity contribution in [1.29, 1.82) is 0 Å². The maximum atomic E-state index is 13.1. The van der Waals surface area contributed by atoms with E-state index in [9.17, 15) is 22.0 Å². The predicted octanol–water partition coefficient (Wildman–Crippen LogP) is 3.76. The van der Waals surface area contributed by atoms with Crippen LogP contribution in [0.3, 0.4) is 0 Å². The van der Waals surface area contributed by atoms with E-state index < -0.39 is 39.9 Å². The SMILES string of the molecule is CCC(S)c1c(F)c(F)c(F)c(F)c1F. The van der Waals surface area contributed by atoms with Crippen LogP contribution < -0.4 is 0 Å². The van der Waals surface area contributed by atoms with Crippen LogP contribution in [0.15, 0.2) is 0 Å². The first-order chi connectivity index (χ1) is 6.91. The van der Waals surface area contributed by atoms with Crippen molar-refractivity contribution in [3.8, 4) is 0 Å². The van der Waals surface area contributed by atoms with Gasteiger partial charge in [0.05, 0.1) is 0 Å². The first-order valence-corrected chi connectivity index (χ1v) is 4.62. The zero-order chi connectivity index (χ0) is 11.7. The van der Waals surface area contributed by atoms with Crippen molar-refractivity contribution in [3.63, 3.8) is 0 Å². The normalized spacial score (nSPS) is 13.0. The molecule has 0 aromatic heterocycles. The maximum Gasteiger partial charge on any atom is 0.200 e. The zero-order valence-electron chi connectivity index (χ0n) is 7.62. The van der Waals surface area contributed by atoms with Crippen LogP contribution in [0.25, 0.3) is 0 Å². The number of benzene rings is 1. The van der Waals surface area contributed by atoms with Gasteiger partial charge in [-0.25, -0.2) is 22.0 Å². The first-order valence-electron chi connectivity index (χ1n) is 4.11. The molecule has 0 amide bonds. The van der Waals surface area contributed by atoms with Gasteiger partial charge in [0.15, 0.2) is 23.3 Å². The lowest BCUT2D eigenvalue weighted by molar-refractivity contribution is 0.369. The Balaban J connectivity index is 3.52. The molecule has 1 aromatic rings. The molecule has 0 saturated carbocycles. The number of hydrogen-bond donors (Lipinski definition) is 1. The van der Waals surface area contributed by atoms with Gasteiger partial charge < -0.3 is 0 Å². The number of halogens is 5. The van der Waals surface area contributed by atoms with Gasteiger partial charge in [0.25, 0.3) is 0 Å². The van der Waals surface area contributed by atoms with Gasteiger partial charge in [-0.05, 0) is 6.42 Å². The van der Waals surface area contributed by atoms with Gasteiger partial charge in [0.1, 0.15) is 0 Å². The third kappa shape index (κ3) is 1.95. The largest absolute Gasteiger partial charge is 0.203 e. The number of thiol groups is 1. The van der Waals surface area contributed by atoms with E-state index in [0.717, 1.165) is 0 Å². The minimum atomic E-state index is -2.15. The third-order valence-electron chi connectivity index (χ3n) is 1.96. The van der Waals surface area contributed by atoms with E-state index in [1.165, 1.54) is 6.92 Å². The highest BCUT2D eigenvalue weighted by atomic mass is 32.1. The molecule has 0 spiro atoms. The van der Waals surface area contributed by atoms with Crippen LogP contribution in [-0.2, 0) is 0 Å². The Morgan fingerprint density at radius 3 is 1.53 bits per heavy atom. The molecule has 6 heteroatoms. The van der Waals surface area contributed by atoms with Crippen LogP contribution in [-0.4, -0.2) is 0 Å². The van der Waals surface area contributed by atoms with Crippen molar-refractivity contribution < 1.29 is 22.0 Å². The van der Waals surface area contributed by atoms with Crippen LogP contribution in [0.2, 0.25) is 0 Å². The lowest BCUT2D eigenvalue weighted by Crippen LogP contribution is -2.08. The van der Waals surface area contributed by atoms with Gasteiger partial charge >= 0.3 is 0 Å². The minimum absolute atomic E-state index is 0.154. The molecule has 1 rings (SSSR count). The van der Waals surface area contributed by atoms with Crippen LogP contribution in [0.4, 0.5) is 22.0 Å². The summed E-state index contributed by atoms with van der Waals surface area (Å²) in [6.45, 7) is 1.52. The van der Waals surface area contributed by atoms with E-state index in [2.05, 4.69) is 12.6 Å². The second kappa shape index (κ2) is 4.38. The molecule has 0 fully saturated rings. The maximum absolute atomic E-state index is 13.1. The third-order valence-corrected chi connectivity index (χ3v) is 2.59. The van der Waals surface area contributed by atoms with E-state index in [4.69, 9.17) is 0 Å². The van der Waals surface area contributed by atoms with Crippen molar-refractivity contribution >= 4 is 12.6 Å². The molecule has 0 bridgehead atoms. The molecule has 1 atom stereocenters. The molecule has 0 heterocycles. The molecule has 84 valence electrons. The summed E-state index contributed by atoms with van der Waals surface area (Å²) in [5.74, 6) is -9.64. The van der Waals surface area contributed by atoms with E-state index in [0.29, 0.717) is 0 Å². The Morgan fingerprint density at radius 1 is 0.867 bits per heavy atom. The Bertz CT molecular complexity index is 362. The Kier molecular flexibility index (Phi) is 3.59. The monoisotopic (exact) mass is 242 g/mol. The summed E-state index contributed by atoms with van der Waals surface area (Å²) in [5, 5.41) is -1.02. The highest BCUT2D eigenvalue weighted by Crippen LogP contribution is 2.32. The molecule has 1 aromatic carbocycles. The van der Waals surface area contributed by atoms with Gasteiger partial charge in [-0.3, -0.25) is 0 Å². The van der Waals surface area contributed by atoms with Gasteiger partial charge in [0, 0.05) is 10.8 Å². The summed E-state index contributed by atoms with van der Waals surface area (Å²) in [4.78, 5) is 0. The summed E-state index contributed by atoms with van der Waals surface area (Å²) in [6.07, 6.45) is 0.154. The summed E-state index contributed by atoms with van der Waals surface area (Å²) >= 11 is 3.75. The quantitative estimate of drug-likeness (QED) is 0.347. The molecule has 0 radical (unpaired) electrons. The summed E-state index contributed by atoms with van der Waals surface area (Å²) in [5.41, 5.74) is -0.878. The van der Waals surface area contributed by atoms with E-state index in [-0.39, 0.29) is 6.42 Å².